The number of carbonyl (C=O) groups is 1. The van der Waals surface area contributed by atoms with Crippen LogP contribution in [0.1, 0.15) is 172 Å². The molecule has 1 N–H and O–H groups in total. The molecule has 0 unspecified atom stereocenters. The van der Waals surface area contributed by atoms with Gasteiger partial charge in [-0.25, -0.2) is 4.98 Å². The van der Waals surface area contributed by atoms with Gasteiger partial charge in [0.2, 0.25) is 5.91 Å². The summed E-state index contributed by atoms with van der Waals surface area (Å²) in [6, 6.07) is 53.8. The number of anilines is 1. The Bertz CT molecular complexity index is 3280. The number of aryl methyl sites for hydroxylation is 10. The van der Waals surface area contributed by atoms with Crippen molar-refractivity contribution < 1.29 is 9.21 Å². The van der Waals surface area contributed by atoms with Gasteiger partial charge in [0, 0.05) is 70.1 Å². The molecule has 0 spiro atoms. The molecule has 0 saturated heterocycles. The second kappa shape index (κ2) is 48.1. The second-order valence-electron chi connectivity index (χ2n) is 18.3. The first-order valence-corrected chi connectivity index (χ1v) is 31.8. The summed E-state index contributed by atoms with van der Waals surface area (Å²) in [6.45, 7) is 42.4. The Morgan fingerprint density at radius 3 is 1.64 bits per heavy atom. The van der Waals surface area contributed by atoms with Crippen molar-refractivity contribution in [3.05, 3.63) is 251 Å². The van der Waals surface area contributed by atoms with Crippen molar-refractivity contribution in [1.82, 2.24) is 24.3 Å². The molecular formula is C78H108N6O2. The maximum absolute atomic E-state index is 11.0. The normalized spacial score (nSPS) is 10.5. The molecule has 5 aromatic carbocycles. The van der Waals surface area contributed by atoms with Crippen molar-refractivity contribution in [2.24, 2.45) is 0 Å². The fourth-order valence-electron chi connectivity index (χ4n) is 8.32. The first-order valence-electron chi connectivity index (χ1n) is 31.8. The Morgan fingerprint density at radius 1 is 0.419 bits per heavy atom. The number of hydrogen-bond donors (Lipinski definition) is 1. The van der Waals surface area contributed by atoms with Crippen LogP contribution in [0.4, 0.5) is 5.69 Å². The van der Waals surface area contributed by atoms with Crippen molar-refractivity contribution in [3.63, 3.8) is 0 Å². The molecule has 6 aromatic heterocycles. The van der Waals surface area contributed by atoms with E-state index in [4.69, 9.17) is 4.42 Å². The number of furan rings is 1. The fraction of sp³-hybridized carbons (Fsp3) is 0.346. The second-order valence-corrected chi connectivity index (χ2v) is 18.3. The van der Waals surface area contributed by atoms with E-state index in [1.807, 2.05) is 234 Å². The largest absolute Gasteiger partial charge is 0.472 e. The van der Waals surface area contributed by atoms with E-state index >= 15 is 0 Å². The number of amides is 1. The predicted octanol–water partition coefficient (Wildman–Crippen LogP) is 22.8. The van der Waals surface area contributed by atoms with Gasteiger partial charge in [-0.3, -0.25) is 19.7 Å². The summed E-state index contributed by atoms with van der Waals surface area (Å²) in [4.78, 5) is 28.0. The van der Waals surface area contributed by atoms with Crippen molar-refractivity contribution in [2.75, 3.05) is 5.32 Å². The fourth-order valence-corrected chi connectivity index (χ4v) is 8.32. The highest BCUT2D eigenvalue weighted by Crippen LogP contribution is 2.24. The molecule has 7 heterocycles. The average Bonchev–Trinajstić information content (AvgIpc) is 4.38. The van der Waals surface area contributed by atoms with Gasteiger partial charge < -0.3 is 14.1 Å². The maximum atomic E-state index is 11.0. The molecule has 0 fully saturated rings. The van der Waals surface area contributed by atoms with Crippen molar-refractivity contribution >= 4 is 49.8 Å². The minimum Gasteiger partial charge on any atom is -0.472 e. The molecule has 0 bridgehead atoms. The Balaban J connectivity index is 0.000000951. The Labute approximate surface area is 521 Å². The number of para-hydroxylation sites is 1. The van der Waals surface area contributed by atoms with Crippen molar-refractivity contribution in [1.29, 1.82) is 0 Å². The third kappa shape index (κ3) is 29.0. The first-order chi connectivity index (χ1) is 42.0. The predicted molar refractivity (Wildman–Crippen MR) is 378 cm³/mol. The highest BCUT2D eigenvalue weighted by atomic mass is 16.3. The van der Waals surface area contributed by atoms with E-state index in [-0.39, 0.29) is 5.91 Å². The van der Waals surface area contributed by atoms with Crippen LogP contribution >= 0.6 is 0 Å². The Hall–Kier alpha value is -8.23. The minimum atomic E-state index is 0.131. The Morgan fingerprint density at radius 2 is 1.00 bits per heavy atom. The number of rotatable bonds is 0. The van der Waals surface area contributed by atoms with E-state index in [2.05, 4.69) is 123 Å². The summed E-state index contributed by atoms with van der Waals surface area (Å²) in [6.07, 6.45) is 17.9. The van der Waals surface area contributed by atoms with Gasteiger partial charge in [0.05, 0.1) is 23.6 Å². The molecule has 11 aromatic rings. The molecule has 2 aliphatic rings. The van der Waals surface area contributed by atoms with Gasteiger partial charge in [-0.05, 0) is 169 Å². The number of pyridine rings is 4. The van der Waals surface area contributed by atoms with Crippen LogP contribution in [0.5, 0.6) is 0 Å². The van der Waals surface area contributed by atoms with E-state index in [9.17, 15) is 4.79 Å². The lowest BCUT2D eigenvalue weighted by molar-refractivity contribution is -0.116. The SMILES string of the molecule is CC.CC.CC.CC.CC.CC.CC.Cc1cc2ccccc2cn1.Cc1ccc2c(c1)CCC(=O)N2.Cc1ccc2c(c1)CCCC2.Cc1ccc2ccccc2n1.Cc1ccc2ncccc2c1.Cc1ccoc1.Cc1cnc2ccccn12. The number of benzene rings is 5. The number of aromatic nitrogens is 5. The smallest absolute Gasteiger partial charge is 0.224 e. The van der Waals surface area contributed by atoms with Crippen molar-refractivity contribution in [3.8, 4) is 0 Å². The van der Waals surface area contributed by atoms with Crippen LogP contribution in [0.3, 0.4) is 0 Å². The number of carbonyl (C=O) groups excluding carboxylic acids is 1. The van der Waals surface area contributed by atoms with Crippen LogP contribution in [0, 0.1) is 48.5 Å². The van der Waals surface area contributed by atoms with Gasteiger partial charge in [-0.15, -0.1) is 0 Å². The highest BCUT2D eigenvalue weighted by molar-refractivity contribution is 5.94. The van der Waals surface area contributed by atoms with Crippen molar-refractivity contribution in [2.45, 2.75) is 184 Å². The Kier molecular flexibility index (Phi) is 43.5. The molecule has 13 rings (SSSR count). The molecule has 1 aliphatic carbocycles. The summed E-state index contributed by atoms with van der Waals surface area (Å²) in [5.41, 5.74) is 17.0. The molecule has 1 amide bonds. The molecule has 86 heavy (non-hydrogen) atoms. The van der Waals surface area contributed by atoms with Gasteiger partial charge in [0.1, 0.15) is 5.65 Å². The van der Waals surface area contributed by atoms with E-state index in [0.29, 0.717) is 6.42 Å². The highest BCUT2D eigenvalue weighted by Gasteiger charge is 2.13. The van der Waals surface area contributed by atoms with Crippen LogP contribution in [0.2, 0.25) is 0 Å². The van der Waals surface area contributed by atoms with Gasteiger partial charge in [0.15, 0.2) is 0 Å². The molecular weight excluding hydrogens is 1050 g/mol. The molecule has 0 saturated carbocycles. The molecule has 0 atom stereocenters. The van der Waals surface area contributed by atoms with Gasteiger partial charge in [-0.2, -0.15) is 0 Å². The zero-order chi connectivity index (χ0) is 64.7. The van der Waals surface area contributed by atoms with Crippen LogP contribution in [-0.2, 0) is 24.1 Å². The summed E-state index contributed by atoms with van der Waals surface area (Å²) in [5, 5.41) is 7.74. The molecule has 8 heteroatoms. The lowest BCUT2D eigenvalue weighted by Gasteiger charge is -2.16. The zero-order valence-corrected chi connectivity index (χ0v) is 56.8. The van der Waals surface area contributed by atoms with E-state index in [0.717, 1.165) is 40.2 Å². The van der Waals surface area contributed by atoms with Crippen LogP contribution in [0.25, 0.3) is 38.2 Å². The first kappa shape index (κ1) is 77.8. The number of fused-ring (bicyclic) bond motifs is 6. The zero-order valence-electron chi connectivity index (χ0n) is 56.8. The number of hydrogen-bond acceptors (Lipinski definition) is 6. The van der Waals surface area contributed by atoms with Crippen LogP contribution < -0.4 is 5.32 Å². The van der Waals surface area contributed by atoms with E-state index in [1.54, 1.807) is 23.7 Å². The third-order valence-corrected chi connectivity index (χ3v) is 12.2. The third-order valence-electron chi connectivity index (χ3n) is 12.2. The molecule has 0 radical (unpaired) electrons. The van der Waals surface area contributed by atoms with E-state index < -0.39 is 0 Å². The summed E-state index contributed by atoms with van der Waals surface area (Å²) in [5.74, 6) is 0.131. The number of nitrogens with zero attached hydrogens (tertiary/aromatic N) is 5. The van der Waals surface area contributed by atoms with Gasteiger partial charge in [0.25, 0.3) is 0 Å². The molecule has 462 valence electrons. The summed E-state index contributed by atoms with van der Waals surface area (Å²) < 4.78 is 6.77. The average molecular weight is 1160 g/mol. The van der Waals surface area contributed by atoms with E-state index in [1.165, 1.54) is 80.7 Å². The lowest BCUT2D eigenvalue weighted by atomic mass is 9.91. The van der Waals surface area contributed by atoms with Gasteiger partial charge in [-0.1, -0.05) is 211 Å². The molecule has 8 nitrogen and oxygen atoms in total. The lowest BCUT2D eigenvalue weighted by Crippen LogP contribution is -2.18. The van der Waals surface area contributed by atoms with Crippen LogP contribution in [-0.4, -0.2) is 30.2 Å². The van der Waals surface area contributed by atoms with Crippen LogP contribution in [0.15, 0.2) is 199 Å². The maximum Gasteiger partial charge on any atom is 0.224 e. The number of imidazole rings is 1. The summed E-state index contributed by atoms with van der Waals surface area (Å²) >= 11 is 0. The monoisotopic (exact) mass is 1160 g/mol. The minimum absolute atomic E-state index is 0.131. The summed E-state index contributed by atoms with van der Waals surface area (Å²) in [7, 11) is 0. The topological polar surface area (TPSA) is 98.2 Å². The quantitative estimate of drug-likeness (QED) is 0.162. The van der Waals surface area contributed by atoms with Gasteiger partial charge >= 0.3 is 0 Å². The number of nitrogens with one attached hydrogen (secondary N) is 1. The molecule has 1 aliphatic heterocycles. The standard InChI is InChI=1S/C11H14.C10H11NO.3C10H9N.C8H8N2.C5H6O.7C2H6/c1-9-6-7-10-4-2-3-5-11(10)8-9;1-7-2-4-9-8(6-7)3-5-10(12)11-9;1-8-4-5-10-9(7-8)3-2-6-11-10;1-8-6-9-4-2-3-5-10(9)7-11-8;1-8-6-7-9-4-2-3-5-10(9)11-8;1-7-6-9-8-4-2-3-5-10(7)8;1-5-2-3-6-4-5;7*1-2/h6-8H,2-5H2,1H3;2,4,6H,3,5H2,1H3,(H,11,12);3*2-7H,1H3;2-6H,1H3;2-4H,1H3;7*1-2H3.